The molecular formula is C11H13Cl2NS. The van der Waals surface area contributed by atoms with Crippen LogP contribution in [-0.2, 0) is 0 Å². The van der Waals surface area contributed by atoms with Crippen molar-refractivity contribution in [3.8, 4) is 0 Å². The van der Waals surface area contributed by atoms with E-state index in [2.05, 4.69) is 5.32 Å². The molecule has 1 nitrogen and oxygen atoms in total. The first kappa shape index (κ1) is 11.6. The van der Waals surface area contributed by atoms with Gasteiger partial charge in [0.15, 0.2) is 0 Å². The second kappa shape index (κ2) is 5.44. The SMILES string of the molecule is Clc1ccc(SC[C@H]2CCCN2)cc1Cl. The van der Waals surface area contributed by atoms with Crippen LogP contribution in [0.1, 0.15) is 12.8 Å². The number of benzene rings is 1. The van der Waals surface area contributed by atoms with Crippen molar-refractivity contribution in [3.05, 3.63) is 28.2 Å². The van der Waals surface area contributed by atoms with Crippen LogP contribution in [0.4, 0.5) is 0 Å². The minimum Gasteiger partial charge on any atom is -0.313 e. The van der Waals surface area contributed by atoms with Crippen molar-refractivity contribution >= 4 is 35.0 Å². The molecule has 2 rings (SSSR count). The van der Waals surface area contributed by atoms with Gasteiger partial charge in [0.25, 0.3) is 0 Å². The Morgan fingerprint density at radius 2 is 2.20 bits per heavy atom. The Morgan fingerprint density at radius 3 is 2.87 bits per heavy atom. The van der Waals surface area contributed by atoms with E-state index in [4.69, 9.17) is 23.2 Å². The summed E-state index contributed by atoms with van der Waals surface area (Å²) in [5, 5.41) is 4.74. The Balaban J connectivity index is 1.90. The number of halogens is 2. The van der Waals surface area contributed by atoms with Gasteiger partial charge in [-0.3, -0.25) is 0 Å². The first-order valence-corrected chi connectivity index (χ1v) is 6.81. The van der Waals surface area contributed by atoms with Crippen molar-refractivity contribution in [2.75, 3.05) is 12.3 Å². The second-order valence-electron chi connectivity index (χ2n) is 3.68. The lowest BCUT2D eigenvalue weighted by Crippen LogP contribution is -2.23. The van der Waals surface area contributed by atoms with Crippen molar-refractivity contribution in [1.29, 1.82) is 0 Å². The summed E-state index contributed by atoms with van der Waals surface area (Å²) in [7, 11) is 0. The molecule has 0 amide bonds. The van der Waals surface area contributed by atoms with E-state index >= 15 is 0 Å². The molecule has 1 atom stereocenters. The average Bonchev–Trinajstić information content (AvgIpc) is 2.73. The van der Waals surface area contributed by atoms with E-state index in [9.17, 15) is 0 Å². The topological polar surface area (TPSA) is 12.0 Å². The highest BCUT2D eigenvalue weighted by molar-refractivity contribution is 7.99. The molecule has 1 aromatic carbocycles. The Bertz CT molecular complexity index is 337. The highest BCUT2D eigenvalue weighted by Gasteiger charge is 2.13. The van der Waals surface area contributed by atoms with Crippen molar-refractivity contribution in [3.63, 3.8) is 0 Å². The molecule has 1 aliphatic heterocycles. The van der Waals surface area contributed by atoms with Crippen molar-refractivity contribution < 1.29 is 0 Å². The highest BCUT2D eigenvalue weighted by atomic mass is 35.5. The van der Waals surface area contributed by atoms with Gasteiger partial charge in [0, 0.05) is 16.7 Å². The molecule has 1 aliphatic rings. The molecule has 0 radical (unpaired) electrons. The van der Waals surface area contributed by atoms with E-state index in [0.717, 1.165) is 12.3 Å². The van der Waals surface area contributed by atoms with Gasteiger partial charge >= 0.3 is 0 Å². The normalized spacial score (nSPS) is 20.8. The predicted octanol–water partition coefficient (Wildman–Crippen LogP) is 3.84. The quantitative estimate of drug-likeness (QED) is 0.831. The molecule has 82 valence electrons. The van der Waals surface area contributed by atoms with E-state index in [1.807, 2.05) is 30.0 Å². The van der Waals surface area contributed by atoms with Gasteiger partial charge in [-0.15, -0.1) is 11.8 Å². The van der Waals surface area contributed by atoms with Gasteiger partial charge in [-0.05, 0) is 37.6 Å². The van der Waals surface area contributed by atoms with Crippen molar-refractivity contribution in [1.82, 2.24) is 5.32 Å². The van der Waals surface area contributed by atoms with Crippen LogP contribution in [0.5, 0.6) is 0 Å². The van der Waals surface area contributed by atoms with Gasteiger partial charge in [0.05, 0.1) is 10.0 Å². The zero-order chi connectivity index (χ0) is 10.7. The van der Waals surface area contributed by atoms with Crippen molar-refractivity contribution in [2.24, 2.45) is 0 Å². The van der Waals surface area contributed by atoms with E-state index in [1.165, 1.54) is 17.7 Å². The first-order chi connectivity index (χ1) is 7.25. The molecule has 1 aromatic rings. The van der Waals surface area contributed by atoms with Crippen LogP contribution in [0, 0.1) is 0 Å². The van der Waals surface area contributed by atoms with Crippen LogP contribution in [0.3, 0.4) is 0 Å². The number of hydrogen-bond acceptors (Lipinski definition) is 2. The predicted molar refractivity (Wildman–Crippen MR) is 68.2 cm³/mol. The van der Waals surface area contributed by atoms with Crippen molar-refractivity contribution in [2.45, 2.75) is 23.8 Å². The van der Waals surface area contributed by atoms with Crippen LogP contribution in [0.2, 0.25) is 10.0 Å². The maximum atomic E-state index is 5.95. The molecule has 1 saturated heterocycles. The fourth-order valence-electron chi connectivity index (χ4n) is 1.66. The first-order valence-electron chi connectivity index (χ1n) is 5.07. The molecule has 1 fully saturated rings. The Labute approximate surface area is 105 Å². The lowest BCUT2D eigenvalue weighted by atomic mass is 10.3. The van der Waals surface area contributed by atoms with Crippen LogP contribution in [0.25, 0.3) is 0 Å². The summed E-state index contributed by atoms with van der Waals surface area (Å²) in [6, 6.07) is 6.47. The fraction of sp³-hybridized carbons (Fsp3) is 0.455. The van der Waals surface area contributed by atoms with Gasteiger partial charge in [0.2, 0.25) is 0 Å². The standard InChI is InChI=1S/C11H13Cl2NS/c12-10-4-3-9(6-11(10)13)15-7-8-2-1-5-14-8/h3-4,6,8,14H,1-2,5,7H2/t8-/m1/s1. The van der Waals surface area contributed by atoms with Gasteiger partial charge < -0.3 is 5.32 Å². The van der Waals surface area contributed by atoms with E-state index in [0.29, 0.717) is 16.1 Å². The van der Waals surface area contributed by atoms with E-state index in [-0.39, 0.29) is 0 Å². The van der Waals surface area contributed by atoms with Gasteiger partial charge in [-0.1, -0.05) is 23.2 Å². The molecule has 0 spiro atoms. The molecule has 0 aromatic heterocycles. The molecule has 0 saturated carbocycles. The number of hydrogen-bond donors (Lipinski definition) is 1. The molecule has 0 unspecified atom stereocenters. The third-order valence-electron chi connectivity index (χ3n) is 2.50. The molecule has 15 heavy (non-hydrogen) atoms. The minimum atomic E-state index is 0.625. The zero-order valence-corrected chi connectivity index (χ0v) is 10.6. The van der Waals surface area contributed by atoms with Crippen LogP contribution >= 0.6 is 35.0 Å². The summed E-state index contributed by atoms with van der Waals surface area (Å²) in [5.74, 6) is 1.11. The smallest absolute Gasteiger partial charge is 0.0603 e. The summed E-state index contributed by atoms with van der Waals surface area (Å²) < 4.78 is 0. The fourth-order valence-corrected chi connectivity index (χ4v) is 3.07. The number of rotatable bonds is 3. The maximum Gasteiger partial charge on any atom is 0.0603 e. The summed E-state index contributed by atoms with van der Waals surface area (Å²) in [4.78, 5) is 1.19. The molecule has 1 heterocycles. The lowest BCUT2D eigenvalue weighted by Gasteiger charge is -2.09. The Hall–Kier alpha value is 0.110. The monoisotopic (exact) mass is 261 g/mol. The minimum absolute atomic E-state index is 0.625. The number of nitrogens with one attached hydrogen (secondary N) is 1. The molecule has 4 heteroatoms. The molecule has 1 N–H and O–H groups in total. The van der Waals surface area contributed by atoms with Gasteiger partial charge in [-0.2, -0.15) is 0 Å². The van der Waals surface area contributed by atoms with Crippen LogP contribution < -0.4 is 5.32 Å². The maximum absolute atomic E-state index is 5.95. The third kappa shape index (κ3) is 3.28. The summed E-state index contributed by atoms with van der Waals surface area (Å²) in [6.45, 7) is 1.16. The van der Waals surface area contributed by atoms with Gasteiger partial charge in [-0.25, -0.2) is 0 Å². The number of thioether (sulfide) groups is 1. The largest absolute Gasteiger partial charge is 0.313 e. The van der Waals surface area contributed by atoms with Crippen LogP contribution in [-0.4, -0.2) is 18.3 Å². The molecule has 0 bridgehead atoms. The Morgan fingerprint density at radius 1 is 1.33 bits per heavy atom. The molecule has 0 aliphatic carbocycles. The second-order valence-corrected chi connectivity index (χ2v) is 5.59. The Kier molecular flexibility index (Phi) is 4.21. The summed E-state index contributed by atoms with van der Waals surface area (Å²) in [5.41, 5.74) is 0. The average molecular weight is 262 g/mol. The highest BCUT2D eigenvalue weighted by Crippen LogP contribution is 2.28. The molecular weight excluding hydrogens is 249 g/mol. The lowest BCUT2D eigenvalue weighted by molar-refractivity contribution is 0.674. The van der Waals surface area contributed by atoms with E-state index in [1.54, 1.807) is 0 Å². The van der Waals surface area contributed by atoms with Crippen LogP contribution in [0.15, 0.2) is 23.1 Å². The van der Waals surface area contributed by atoms with E-state index < -0.39 is 0 Å². The van der Waals surface area contributed by atoms with Gasteiger partial charge in [0.1, 0.15) is 0 Å². The summed E-state index contributed by atoms with van der Waals surface area (Å²) >= 11 is 13.6. The zero-order valence-electron chi connectivity index (χ0n) is 8.30. The summed E-state index contributed by atoms with van der Waals surface area (Å²) in [6.07, 6.45) is 2.58. The third-order valence-corrected chi connectivity index (χ3v) is 4.40.